The molecule has 0 saturated heterocycles. The number of alkyl halides is 2. The van der Waals surface area contributed by atoms with Crippen LogP contribution in [0.5, 0.6) is 5.75 Å². The first-order chi connectivity index (χ1) is 10.5. The molecule has 1 aromatic carbocycles. The van der Waals surface area contributed by atoms with Crippen molar-refractivity contribution in [3.63, 3.8) is 0 Å². The molecule has 1 aromatic rings. The number of nitrogens with one attached hydrogen (secondary N) is 1. The van der Waals surface area contributed by atoms with Crippen molar-refractivity contribution in [2.75, 3.05) is 6.54 Å². The number of halogens is 3. The maximum Gasteiger partial charge on any atom is 0.387 e. The lowest BCUT2D eigenvalue weighted by molar-refractivity contribution is -0.131. The molecule has 130 valence electrons. The van der Waals surface area contributed by atoms with Gasteiger partial charge in [0.2, 0.25) is 5.91 Å². The van der Waals surface area contributed by atoms with Crippen molar-refractivity contribution < 1.29 is 18.3 Å². The Morgan fingerprint density at radius 2 is 2.04 bits per heavy atom. The minimum absolute atomic E-state index is 0. The minimum atomic E-state index is -2.86. The van der Waals surface area contributed by atoms with Crippen molar-refractivity contribution in [3.05, 3.63) is 29.8 Å². The molecule has 1 aliphatic rings. The number of carbonyl (C=O) groups is 1. The summed E-state index contributed by atoms with van der Waals surface area (Å²) >= 11 is 0. The molecule has 0 bridgehead atoms. The molecule has 23 heavy (non-hydrogen) atoms. The summed E-state index contributed by atoms with van der Waals surface area (Å²) in [6.45, 7) is -0.710. The summed E-state index contributed by atoms with van der Waals surface area (Å²) in [5, 5.41) is 2.95. The van der Waals surface area contributed by atoms with E-state index >= 15 is 0 Å². The third-order valence-corrected chi connectivity index (χ3v) is 4.36. The topological polar surface area (TPSA) is 64.4 Å². The molecule has 0 spiro atoms. The van der Waals surface area contributed by atoms with Gasteiger partial charge in [-0.2, -0.15) is 8.78 Å². The van der Waals surface area contributed by atoms with Crippen molar-refractivity contribution in [1.29, 1.82) is 0 Å². The zero-order chi connectivity index (χ0) is 16.2. The largest absolute Gasteiger partial charge is 0.435 e. The highest BCUT2D eigenvalue weighted by molar-refractivity contribution is 5.85. The summed E-state index contributed by atoms with van der Waals surface area (Å²) in [7, 11) is 0. The van der Waals surface area contributed by atoms with Gasteiger partial charge in [-0.05, 0) is 37.5 Å². The molecule has 1 amide bonds. The number of ether oxygens (including phenoxy) is 1. The van der Waals surface area contributed by atoms with E-state index in [9.17, 15) is 13.6 Å². The number of rotatable bonds is 6. The molecule has 4 nitrogen and oxygen atoms in total. The van der Waals surface area contributed by atoms with Gasteiger partial charge in [-0.25, -0.2) is 0 Å². The quantitative estimate of drug-likeness (QED) is 0.828. The average Bonchev–Trinajstić information content (AvgIpc) is 2.97. The number of amides is 1. The highest BCUT2D eigenvalue weighted by Gasteiger charge is 2.40. The van der Waals surface area contributed by atoms with Gasteiger partial charge in [0.1, 0.15) is 5.75 Å². The van der Waals surface area contributed by atoms with E-state index in [1.807, 2.05) is 6.92 Å². The summed E-state index contributed by atoms with van der Waals surface area (Å²) in [5.74, 6) is 0.0307. The maximum atomic E-state index is 12.5. The normalized spacial score (nSPS) is 17.4. The third kappa shape index (κ3) is 4.78. The second-order valence-electron chi connectivity index (χ2n) is 5.84. The lowest BCUT2D eigenvalue weighted by Crippen LogP contribution is -2.44. The molecular weight excluding hydrogens is 326 g/mol. The van der Waals surface area contributed by atoms with E-state index in [0.29, 0.717) is 6.54 Å². The van der Waals surface area contributed by atoms with Gasteiger partial charge in [-0.3, -0.25) is 4.79 Å². The highest BCUT2D eigenvalue weighted by Crippen LogP contribution is 2.37. The first-order valence-electron chi connectivity index (χ1n) is 7.53. The molecule has 0 radical (unpaired) electrons. The Hall–Kier alpha value is -1.40. The van der Waals surface area contributed by atoms with Gasteiger partial charge in [0.25, 0.3) is 0 Å². The van der Waals surface area contributed by atoms with Crippen LogP contribution in [0.15, 0.2) is 24.3 Å². The van der Waals surface area contributed by atoms with Crippen molar-refractivity contribution in [3.8, 4) is 5.75 Å². The van der Waals surface area contributed by atoms with E-state index in [-0.39, 0.29) is 30.1 Å². The molecule has 1 saturated carbocycles. The zero-order valence-electron chi connectivity index (χ0n) is 13.1. The van der Waals surface area contributed by atoms with Gasteiger partial charge in [0.15, 0.2) is 0 Å². The first kappa shape index (κ1) is 19.6. The fourth-order valence-corrected chi connectivity index (χ4v) is 2.97. The number of nitrogens with two attached hydrogens (primary N) is 1. The smallest absolute Gasteiger partial charge is 0.387 e. The summed E-state index contributed by atoms with van der Waals surface area (Å²) in [5.41, 5.74) is 6.04. The Morgan fingerprint density at radius 3 is 2.61 bits per heavy atom. The SMILES string of the molecule is CC(NC(=O)C1(CN)CCCC1)c1cccc(OC(F)F)c1.Cl. The maximum absolute atomic E-state index is 12.5. The summed E-state index contributed by atoms with van der Waals surface area (Å²) in [6.07, 6.45) is 3.63. The van der Waals surface area contributed by atoms with Crippen LogP contribution in [0.2, 0.25) is 0 Å². The number of carbonyl (C=O) groups excluding carboxylic acids is 1. The van der Waals surface area contributed by atoms with E-state index in [1.165, 1.54) is 12.1 Å². The van der Waals surface area contributed by atoms with Gasteiger partial charge in [0.05, 0.1) is 11.5 Å². The van der Waals surface area contributed by atoms with Crippen LogP contribution in [0.3, 0.4) is 0 Å². The molecule has 3 N–H and O–H groups in total. The van der Waals surface area contributed by atoms with Gasteiger partial charge < -0.3 is 15.8 Å². The van der Waals surface area contributed by atoms with Crippen molar-refractivity contribution in [1.82, 2.24) is 5.32 Å². The van der Waals surface area contributed by atoms with Crippen LogP contribution in [0, 0.1) is 5.41 Å². The monoisotopic (exact) mass is 348 g/mol. The molecule has 1 fully saturated rings. The van der Waals surface area contributed by atoms with Crippen molar-refractivity contribution in [2.45, 2.75) is 45.3 Å². The van der Waals surface area contributed by atoms with E-state index in [4.69, 9.17) is 5.73 Å². The predicted octanol–water partition coefficient (Wildman–Crippen LogP) is 3.41. The molecule has 7 heteroatoms. The van der Waals surface area contributed by atoms with Crippen molar-refractivity contribution in [2.24, 2.45) is 11.1 Å². The van der Waals surface area contributed by atoms with E-state index in [0.717, 1.165) is 31.2 Å². The van der Waals surface area contributed by atoms with Gasteiger partial charge in [0, 0.05) is 6.54 Å². The van der Waals surface area contributed by atoms with Gasteiger partial charge in [-0.1, -0.05) is 25.0 Å². The van der Waals surface area contributed by atoms with Crippen LogP contribution in [0.4, 0.5) is 8.78 Å². The van der Waals surface area contributed by atoms with Crippen LogP contribution in [0.25, 0.3) is 0 Å². The van der Waals surface area contributed by atoms with E-state index in [2.05, 4.69) is 10.1 Å². The number of hydrogen-bond acceptors (Lipinski definition) is 3. The Balaban J connectivity index is 0.00000264. The Bertz CT molecular complexity index is 523. The minimum Gasteiger partial charge on any atom is -0.435 e. The average molecular weight is 349 g/mol. The second kappa shape index (κ2) is 8.45. The Morgan fingerprint density at radius 1 is 1.39 bits per heavy atom. The lowest BCUT2D eigenvalue weighted by atomic mass is 9.85. The third-order valence-electron chi connectivity index (χ3n) is 4.36. The summed E-state index contributed by atoms with van der Waals surface area (Å²) < 4.78 is 28.9. The molecular formula is C16H23ClF2N2O2. The van der Waals surface area contributed by atoms with Crippen molar-refractivity contribution >= 4 is 18.3 Å². The van der Waals surface area contributed by atoms with E-state index < -0.39 is 12.0 Å². The molecule has 2 rings (SSSR count). The highest BCUT2D eigenvalue weighted by atomic mass is 35.5. The molecule has 1 aliphatic carbocycles. The summed E-state index contributed by atoms with van der Waals surface area (Å²) in [6, 6.07) is 6.08. The summed E-state index contributed by atoms with van der Waals surface area (Å²) in [4.78, 5) is 12.5. The Kier molecular flexibility index (Phi) is 7.22. The van der Waals surface area contributed by atoms with Crippen LogP contribution in [0.1, 0.15) is 44.2 Å². The van der Waals surface area contributed by atoms with E-state index in [1.54, 1.807) is 12.1 Å². The molecule has 0 aromatic heterocycles. The van der Waals surface area contributed by atoms with Crippen LogP contribution < -0.4 is 15.8 Å². The number of hydrogen-bond donors (Lipinski definition) is 2. The lowest BCUT2D eigenvalue weighted by Gasteiger charge is -2.28. The zero-order valence-corrected chi connectivity index (χ0v) is 13.9. The van der Waals surface area contributed by atoms with Crippen LogP contribution in [-0.2, 0) is 4.79 Å². The molecule has 1 atom stereocenters. The Labute approximate surface area is 141 Å². The molecule has 1 unspecified atom stereocenters. The predicted molar refractivity (Wildman–Crippen MR) is 86.8 cm³/mol. The standard InChI is InChI=1S/C16H22F2N2O2.ClH/c1-11(12-5-4-6-13(9-12)22-15(17)18)20-14(21)16(10-19)7-2-3-8-16;/h4-6,9,11,15H,2-3,7-8,10,19H2,1H3,(H,20,21);1H. The fraction of sp³-hybridized carbons (Fsp3) is 0.562. The molecule has 0 aliphatic heterocycles. The fourth-order valence-electron chi connectivity index (χ4n) is 2.97. The van der Waals surface area contributed by atoms with Crippen LogP contribution >= 0.6 is 12.4 Å². The first-order valence-corrected chi connectivity index (χ1v) is 7.53. The van der Waals surface area contributed by atoms with Crippen LogP contribution in [-0.4, -0.2) is 19.1 Å². The van der Waals surface area contributed by atoms with Gasteiger partial charge in [-0.15, -0.1) is 12.4 Å². The number of benzene rings is 1. The second-order valence-corrected chi connectivity index (χ2v) is 5.84. The van der Waals surface area contributed by atoms with Gasteiger partial charge >= 0.3 is 6.61 Å². The molecule has 0 heterocycles.